The molecule has 0 radical (unpaired) electrons. The first-order valence-corrected chi connectivity index (χ1v) is 10.3. The Morgan fingerprint density at radius 3 is 2.27 bits per heavy atom. The highest BCUT2D eigenvalue weighted by Gasteiger charge is 2.20. The minimum atomic E-state index is -3.53. The topological polar surface area (TPSA) is 66.5 Å². The number of carbonyl (C=O) groups excluding carboxylic acids is 1. The molecule has 0 aliphatic heterocycles. The van der Waals surface area contributed by atoms with Crippen molar-refractivity contribution in [2.45, 2.75) is 37.6 Å². The van der Waals surface area contributed by atoms with Gasteiger partial charge in [0.1, 0.15) is 0 Å². The maximum atomic E-state index is 12.5. The van der Waals surface area contributed by atoms with Crippen LogP contribution in [0.4, 0.5) is 0 Å². The van der Waals surface area contributed by atoms with Crippen molar-refractivity contribution in [3.8, 4) is 0 Å². The number of carbonyl (C=O) groups is 1. The standard InChI is InChI=1S/C20H26N2O3S/c1-3-4-8-15-21-20(23)18-13-11-17(12-14-18)16-22(2)26(24,25)19-9-6-5-7-10-19/h5-7,9-14H,3-4,8,15-16H2,1-2H3,(H,21,23). The molecule has 2 aromatic rings. The lowest BCUT2D eigenvalue weighted by Gasteiger charge is -2.17. The molecular formula is C20H26N2O3S. The molecule has 2 aromatic carbocycles. The van der Waals surface area contributed by atoms with Gasteiger partial charge in [-0.2, -0.15) is 4.31 Å². The van der Waals surface area contributed by atoms with Crippen LogP contribution < -0.4 is 5.32 Å². The second-order valence-electron chi connectivity index (χ2n) is 6.23. The maximum Gasteiger partial charge on any atom is 0.251 e. The van der Waals surface area contributed by atoms with Gasteiger partial charge in [0.2, 0.25) is 10.0 Å². The Kier molecular flexibility index (Phi) is 7.36. The van der Waals surface area contributed by atoms with Crippen molar-refractivity contribution < 1.29 is 13.2 Å². The van der Waals surface area contributed by atoms with Crippen LogP contribution in [0.5, 0.6) is 0 Å². The van der Waals surface area contributed by atoms with Crippen molar-refractivity contribution in [1.82, 2.24) is 9.62 Å². The number of hydrogen-bond acceptors (Lipinski definition) is 3. The van der Waals surface area contributed by atoms with Crippen molar-refractivity contribution in [2.75, 3.05) is 13.6 Å². The third-order valence-electron chi connectivity index (χ3n) is 4.14. The summed E-state index contributed by atoms with van der Waals surface area (Å²) in [6.45, 7) is 3.04. The van der Waals surface area contributed by atoms with Crippen LogP contribution in [0.2, 0.25) is 0 Å². The van der Waals surface area contributed by atoms with Crippen molar-refractivity contribution >= 4 is 15.9 Å². The number of hydrogen-bond donors (Lipinski definition) is 1. The summed E-state index contributed by atoms with van der Waals surface area (Å²) in [4.78, 5) is 12.3. The Bertz CT molecular complexity index is 803. The first-order chi connectivity index (χ1) is 12.4. The predicted molar refractivity (Wildman–Crippen MR) is 103 cm³/mol. The predicted octanol–water partition coefficient (Wildman–Crippen LogP) is 3.43. The van der Waals surface area contributed by atoms with E-state index in [1.165, 1.54) is 4.31 Å². The van der Waals surface area contributed by atoms with Crippen LogP contribution in [-0.4, -0.2) is 32.2 Å². The lowest BCUT2D eigenvalue weighted by Crippen LogP contribution is -2.26. The van der Waals surface area contributed by atoms with E-state index in [9.17, 15) is 13.2 Å². The summed E-state index contributed by atoms with van der Waals surface area (Å²) in [5.74, 6) is -0.0992. The first kappa shape index (κ1) is 20.1. The Morgan fingerprint density at radius 1 is 1.00 bits per heavy atom. The van der Waals surface area contributed by atoms with Crippen LogP contribution in [0.25, 0.3) is 0 Å². The molecule has 0 bridgehead atoms. The van der Waals surface area contributed by atoms with Gasteiger partial charge in [0, 0.05) is 25.7 Å². The van der Waals surface area contributed by atoms with Crippen molar-refractivity contribution in [1.29, 1.82) is 0 Å². The van der Waals surface area contributed by atoms with Crippen LogP contribution in [0.3, 0.4) is 0 Å². The van der Waals surface area contributed by atoms with E-state index in [0.717, 1.165) is 24.8 Å². The maximum absolute atomic E-state index is 12.5. The van der Waals surface area contributed by atoms with Gasteiger partial charge < -0.3 is 5.32 Å². The van der Waals surface area contributed by atoms with Crippen LogP contribution >= 0.6 is 0 Å². The van der Waals surface area contributed by atoms with Crippen LogP contribution in [0.15, 0.2) is 59.5 Å². The van der Waals surface area contributed by atoms with Crippen molar-refractivity contribution in [3.05, 3.63) is 65.7 Å². The zero-order chi connectivity index (χ0) is 19.0. The summed E-state index contributed by atoms with van der Waals surface area (Å²) >= 11 is 0. The Balaban J connectivity index is 1.97. The molecule has 0 saturated heterocycles. The lowest BCUT2D eigenvalue weighted by atomic mass is 10.1. The van der Waals surface area contributed by atoms with Gasteiger partial charge in [-0.15, -0.1) is 0 Å². The van der Waals surface area contributed by atoms with Gasteiger partial charge in [0.25, 0.3) is 5.91 Å². The molecule has 5 nitrogen and oxygen atoms in total. The average Bonchev–Trinajstić information content (AvgIpc) is 2.66. The van der Waals surface area contributed by atoms with E-state index in [4.69, 9.17) is 0 Å². The quantitative estimate of drug-likeness (QED) is 0.684. The smallest absolute Gasteiger partial charge is 0.251 e. The zero-order valence-electron chi connectivity index (χ0n) is 15.3. The lowest BCUT2D eigenvalue weighted by molar-refractivity contribution is 0.0953. The van der Waals surface area contributed by atoms with E-state index in [1.807, 2.05) is 0 Å². The molecule has 0 aromatic heterocycles. The van der Waals surface area contributed by atoms with Crippen LogP contribution in [0.1, 0.15) is 42.1 Å². The molecule has 6 heteroatoms. The molecule has 0 unspecified atom stereocenters. The molecule has 0 spiro atoms. The van der Waals surface area contributed by atoms with Gasteiger partial charge in [0.05, 0.1) is 4.90 Å². The number of sulfonamides is 1. The fourth-order valence-electron chi connectivity index (χ4n) is 2.56. The molecule has 0 aliphatic carbocycles. The number of benzene rings is 2. The van der Waals surface area contributed by atoms with Gasteiger partial charge in [-0.25, -0.2) is 8.42 Å². The molecule has 2 rings (SSSR count). The van der Waals surface area contributed by atoms with E-state index in [2.05, 4.69) is 12.2 Å². The highest BCUT2D eigenvalue weighted by Crippen LogP contribution is 2.16. The highest BCUT2D eigenvalue weighted by atomic mass is 32.2. The van der Waals surface area contributed by atoms with Crippen molar-refractivity contribution in [2.24, 2.45) is 0 Å². The number of nitrogens with one attached hydrogen (secondary N) is 1. The third-order valence-corrected chi connectivity index (χ3v) is 5.96. The van der Waals surface area contributed by atoms with Crippen LogP contribution in [0, 0.1) is 0 Å². The molecule has 0 atom stereocenters. The minimum absolute atomic E-state index is 0.0992. The SMILES string of the molecule is CCCCCNC(=O)c1ccc(CN(C)S(=O)(=O)c2ccccc2)cc1. The molecule has 1 N–H and O–H groups in total. The second-order valence-corrected chi connectivity index (χ2v) is 8.28. The molecule has 0 fully saturated rings. The number of nitrogens with zero attached hydrogens (tertiary/aromatic N) is 1. The fourth-order valence-corrected chi connectivity index (χ4v) is 3.74. The Morgan fingerprint density at radius 2 is 1.65 bits per heavy atom. The first-order valence-electron chi connectivity index (χ1n) is 8.83. The molecule has 1 amide bonds. The van der Waals surface area contributed by atoms with Gasteiger partial charge in [0.15, 0.2) is 0 Å². The van der Waals surface area contributed by atoms with Gasteiger partial charge >= 0.3 is 0 Å². The summed E-state index contributed by atoms with van der Waals surface area (Å²) in [6, 6.07) is 15.4. The highest BCUT2D eigenvalue weighted by molar-refractivity contribution is 7.89. The molecule has 140 valence electrons. The monoisotopic (exact) mass is 374 g/mol. The second kappa shape index (κ2) is 9.50. The molecule has 0 aliphatic rings. The number of amides is 1. The summed E-state index contributed by atoms with van der Waals surface area (Å²) in [7, 11) is -1.97. The van der Waals surface area contributed by atoms with E-state index >= 15 is 0 Å². The average molecular weight is 375 g/mol. The fraction of sp³-hybridized carbons (Fsp3) is 0.350. The molecule has 0 heterocycles. The third kappa shape index (κ3) is 5.41. The van der Waals surface area contributed by atoms with Crippen molar-refractivity contribution in [3.63, 3.8) is 0 Å². The van der Waals surface area contributed by atoms with Gasteiger partial charge in [-0.1, -0.05) is 50.1 Å². The van der Waals surface area contributed by atoms with E-state index in [0.29, 0.717) is 12.1 Å². The minimum Gasteiger partial charge on any atom is -0.352 e. The Hall–Kier alpha value is -2.18. The number of rotatable bonds is 9. The van der Waals surface area contributed by atoms with E-state index in [1.54, 1.807) is 61.6 Å². The summed E-state index contributed by atoms with van der Waals surface area (Å²) in [5, 5.41) is 2.89. The summed E-state index contributed by atoms with van der Waals surface area (Å²) < 4.78 is 26.4. The zero-order valence-corrected chi connectivity index (χ0v) is 16.1. The normalized spacial score (nSPS) is 11.5. The molecule has 26 heavy (non-hydrogen) atoms. The van der Waals surface area contributed by atoms with Gasteiger partial charge in [-0.3, -0.25) is 4.79 Å². The summed E-state index contributed by atoms with van der Waals surface area (Å²) in [5.41, 5.74) is 1.41. The van der Waals surface area contributed by atoms with E-state index in [-0.39, 0.29) is 17.3 Å². The van der Waals surface area contributed by atoms with Crippen LogP contribution in [-0.2, 0) is 16.6 Å². The number of unbranched alkanes of at least 4 members (excludes halogenated alkanes) is 2. The molecular weight excluding hydrogens is 348 g/mol. The van der Waals surface area contributed by atoms with E-state index < -0.39 is 10.0 Å². The molecule has 0 saturated carbocycles. The van der Waals surface area contributed by atoms with Gasteiger partial charge in [-0.05, 0) is 36.2 Å². The summed E-state index contributed by atoms with van der Waals surface area (Å²) in [6.07, 6.45) is 3.19. The Labute approximate surface area is 156 Å². The largest absolute Gasteiger partial charge is 0.352 e.